The maximum atomic E-state index is 10.6. The van der Waals surface area contributed by atoms with Crippen molar-refractivity contribution in [2.45, 2.75) is 39.5 Å². The second kappa shape index (κ2) is 6.11. The van der Waals surface area contributed by atoms with Gasteiger partial charge in [0.05, 0.1) is 6.04 Å². The van der Waals surface area contributed by atoms with E-state index in [4.69, 9.17) is 5.11 Å². The first-order valence-electron chi connectivity index (χ1n) is 4.95. The van der Waals surface area contributed by atoms with Gasteiger partial charge in [0.2, 0.25) is 0 Å². The number of hydrogen-bond acceptors (Lipinski definition) is 4. The van der Waals surface area contributed by atoms with Gasteiger partial charge >= 0.3 is 0 Å². The number of likely N-dealkylation sites (N-methyl/N-ethyl adjacent to an activating group) is 1. The van der Waals surface area contributed by atoms with Crippen molar-refractivity contribution in [2.75, 3.05) is 13.6 Å². The standard InChI is InChI=1S/C10H22N2O2/c1-8(14)12-7-10(2,3)5-9(6-13)11-4/h6,8-9,11-12,14H,5,7H2,1-4H3. The van der Waals surface area contributed by atoms with Gasteiger partial charge in [0.25, 0.3) is 0 Å². The van der Waals surface area contributed by atoms with E-state index in [1.54, 1.807) is 14.0 Å². The molecule has 2 unspecified atom stereocenters. The highest BCUT2D eigenvalue weighted by molar-refractivity contribution is 5.57. The molecule has 0 saturated heterocycles. The van der Waals surface area contributed by atoms with Crippen LogP contribution in [0.3, 0.4) is 0 Å². The molecule has 14 heavy (non-hydrogen) atoms. The van der Waals surface area contributed by atoms with Gasteiger partial charge in [-0.3, -0.25) is 5.32 Å². The third kappa shape index (κ3) is 6.07. The minimum atomic E-state index is -0.501. The summed E-state index contributed by atoms with van der Waals surface area (Å²) in [4.78, 5) is 10.6. The summed E-state index contributed by atoms with van der Waals surface area (Å²) in [6, 6.07) is -0.110. The zero-order valence-electron chi connectivity index (χ0n) is 9.50. The van der Waals surface area contributed by atoms with E-state index in [1.165, 1.54) is 0 Å². The first kappa shape index (κ1) is 13.5. The Morgan fingerprint density at radius 1 is 1.50 bits per heavy atom. The SMILES string of the molecule is CNC(C=O)CC(C)(C)CNC(C)O. The molecule has 0 aliphatic carbocycles. The predicted octanol–water partition coefficient (Wildman–Crippen LogP) is 0.118. The van der Waals surface area contributed by atoms with Crippen LogP contribution >= 0.6 is 0 Å². The number of aliphatic hydroxyl groups is 1. The summed E-state index contributed by atoms with van der Waals surface area (Å²) >= 11 is 0. The van der Waals surface area contributed by atoms with Crippen molar-refractivity contribution in [3.8, 4) is 0 Å². The fourth-order valence-electron chi connectivity index (χ4n) is 1.31. The van der Waals surface area contributed by atoms with Crippen LogP contribution in [0.5, 0.6) is 0 Å². The lowest BCUT2D eigenvalue weighted by molar-refractivity contribution is -0.110. The number of carbonyl (C=O) groups is 1. The lowest BCUT2D eigenvalue weighted by Gasteiger charge is -2.28. The van der Waals surface area contributed by atoms with Crippen molar-refractivity contribution in [1.29, 1.82) is 0 Å². The second-order valence-corrected chi connectivity index (χ2v) is 4.46. The lowest BCUT2D eigenvalue weighted by Crippen LogP contribution is -2.40. The molecule has 0 fully saturated rings. The maximum absolute atomic E-state index is 10.6. The average molecular weight is 202 g/mol. The molecule has 0 radical (unpaired) electrons. The van der Waals surface area contributed by atoms with Crippen LogP contribution in [0.1, 0.15) is 27.2 Å². The van der Waals surface area contributed by atoms with Gasteiger partial charge in [0, 0.05) is 6.54 Å². The number of nitrogens with one attached hydrogen (secondary N) is 2. The predicted molar refractivity (Wildman–Crippen MR) is 57.0 cm³/mol. The zero-order chi connectivity index (χ0) is 11.2. The van der Waals surface area contributed by atoms with E-state index >= 15 is 0 Å². The molecule has 0 aromatic carbocycles. The summed E-state index contributed by atoms with van der Waals surface area (Å²) < 4.78 is 0. The quantitative estimate of drug-likeness (QED) is 0.405. The highest BCUT2D eigenvalue weighted by atomic mass is 16.3. The summed E-state index contributed by atoms with van der Waals surface area (Å²) in [7, 11) is 1.78. The fraction of sp³-hybridized carbons (Fsp3) is 0.900. The molecule has 0 saturated carbocycles. The first-order chi connectivity index (χ1) is 6.41. The third-order valence-corrected chi connectivity index (χ3v) is 2.18. The molecule has 84 valence electrons. The van der Waals surface area contributed by atoms with E-state index < -0.39 is 6.23 Å². The van der Waals surface area contributed by atoms with Gasteiger partial charge in [-0.25, -0.2) is 0 Å². The summed E-state index contributed by atoms with van der Waals surface area (Å²) in [6.07, 6.45) is 1.18. The molecule has 0 heterocycles. The fourth-order valence-corrected chi connectivity index (χ4v) is 1.31. The second-order valence-electron chi connectivity index (χ2n) is 4.46. The van der Waals surface area contributed by atoms with Crippen LogP contribution in [0.4, 0.5) is 0 Å². The van der Waals surface area contributed by atoms with Crippen molar-refractivity contribution >= 4 is 6.29 Å². The van der Waals surface area contributed by atoms with Crippen LogP contribution in [-0.4, -0.2) is 37.3 Å². The van der Waals surface area contributed by atoms with E-state index in [2.05, 4.69) is 24.5 Å². The maximum Gasteiger partial charge on any atom is 0.136 e. The molecule has 0 aliphatic rings. The van der Waals surface area contributed by atoms with Gasteiger partial charge in [-0.15, -0.1) is 0 Å². The molecule has 0 bridgehead atoms. The monoisotopic (exact) mass is 202 g/mol. The van der Waals surface area contributed by atoms with Crippen LogP contribution in [0.25, 0.3) is 0 Å². The van der Waals surface area contributed by atoms with Gasteiger partial charge < -0.3 is 15.2 Å². The number of aliphatic hydroxyl groups excluding tert-OH is 1. The van der Waals surface area contributed by atoms with E-state index in [0.717, 1.165) is 12.7 Å². The number of aldehydes is 1. The van der Waals surface area contributed by atoms with Crippen LogP contribution in [0.2, 0.25) is 0 Å². The van der Waals surface area contributed by atoms with Gasteiger partial charge in [-0.05, 0) is 25.8 Å². The van der Waals surface area contributed by atoms with Crippen molar-refractivity contribution < 1.29 is 9.90 Å². The molecule has 0 amide bonds. The Bertz CT molecular complexity index is 170. The number of carbonyl (C=O) groups excluding carboxylic acids is 1. The Kier molecular flexibility index (Phi) is 5.92. The van der Waals surface area contributed by atoms with Gasteiger partial charge in [0.15, 0.2) is 0 Å². The highest BCUT2D eigenvalue weighted by Gasteiger charge is 2.22. The molecular formula is C10H22N2O2. The molecule has 2 atom stereocenters. The van der Waals surface area contributed by atoms with Gasteiger partial charge in [-0.1, -0.05) is 13.8 Å². The van der Waals surface area contributed by atoms with E-state index in [1.807, 2.05) is 0 Å². The van der Waals surface area contributed by atoms with Crippen molar-refractivity contribution in [3.63, 3.8) is 0 Å². The Morgan fingerprint density at radius 3 is 2.43 bits per heavy atom. The van der Waals surface area contributed by atoms with Gasteiger partial charge in [0.1, 0.15) is 12.5 Å². The third-order valence-electron chi connectivity index (χ3n) is 2.18. The molecule has 3 N–H and O–H groups in total. The minimum absolute atomic E-state index is 0.00836. The molecule has 0 spiro atoms. The topological polar surface area (TPSA) is 61.4 Å². The van der Waals surface area contributed by atoms with E-state index in [0.29, 0.717) is 6.54 Å². The van der Waals surface area contributed by atoms with Crippen LogP contribution in [0, 0.1) is 5.41 Å². The summed E-state index contributed by atoms with van der Waals surface area (Å²) in [5.41, 5.74) is -0.00836. The Morgan fingerprint density at radius 2 is 2.07 bits per heavy atom. The van der Waals surface area contributed by atoms with Crippen molar-refractivity contribution in [3.05, 3.63) is 0 Å². The van der Waals surface area contributed by atoms with Gasteiger partial charge in [-0.2, -0.15) is 0 Å². The van der Waals surface area contributed by atoms with E-state index in [-0.39, 0.29) is 11.5 Å². The number of hydrogen-bond donors (Lipinski definition) is 3. The minimum Gasteiger partial charge on any atom is -0.379 e. The molecule has 0 aromatic rings. The molecular weight excluding hydrogens is 180 g/mol. The van der Waals surface area contributed by atoms with Crippen LogP contribution < -0.4 is 10.6 Å². The average Bonchev–Trinajstić information content (AvgIpc) is 2.11. The summed E-state index contributed by atoms with van der Waals surface area (Å²) in [5.74, 6) is 0. The lowest BCUT2D eigenvalue weighted by atomic mass is 9.86. The molecule has 0 aliphatic heterocycles. The summed E-state index contributed by atoms with van der Waals surface area (Å²) in [6.45, 7) is 6.51. The smallest absolute Gasteiger partial charge is 0.136 e. The Balaban J connectivity index is 3.97. The molecule has 4 nitrogen and oxygen atoms in total. The van der Waals surface area contributed by atoms with Crippen LogP contribution in [0.15, 0.2) is 0 Å². The number of rotatable bonds is 7. The van der Waals surface area contributed by atoms with Crippen LogP contribution in [-0.2, 0) is 4.79 Å². The largest absolute Gasteiger partial charge is 0.379 e. The summed E-state index contributed by atoms with van der Waals surface area (Å²) in [5, 5.41) is 15.0. The molecule has 0 aromatic heterocycles. The Hall–Kier alpha value is -0.450. The molecule has 0 rings (SSSR count). The normalized spacial score (nSPS) is 16.4. The zero-order valence-corrected chi connectivity index (χ0v) is 9.50. The molecule has 4 heteroatoms. The van der Waals surface area contributed by atoms with Crippen molar-refractivity contribution in [1.82, 2.24) is 10.6 Å². The first-order valence-corrected chi connectivity index (χ1v) is 4.95. The highest BCUT2D eigenvalue weighted by Crippen LogP contribution is 2.20. The van der Waals surface area contributed by atoms with Crippen molar-refractivity contribution in [2.24, 2.45) is 5.41 Å². The van der Waals surface area contributed by atoms with E-state index in [9.17, 15) is 4.79 Å². The Labute approximate surface area is 86.1 Å².